The normalized spacial score (nSPS) is 12.1. The summed E-state index contributed by atoms with van der Waals surface area (Å²) in [7, 11) is 0. The number of hydrogen-bond acceptors (Lipinski definition) is 5. The number of aryl methyl sites for hydroxylation is 1. The molecule has 1 unspecified atom stereocenters. The largest absolute Gasteiger partial charge is 0.352 e. The molecule has 2 heterocycles. The Kier molecular flexibility index (Phi) is 3.52. The highest BCUT2D eigenvalue weighted by Crippen LogP contribution is 2.09. The van der Waals surface area contributed by atoms with E-state index >= 15 is 0 Å². The average molecular weight is 264 g/mol. The van der Waals surface area contributed by atoms with Gasteiger partial charge in [0.1, 0.15) is 4.64 Å². The third kappa shape index (κ3) is 2.62. The maximum absolute atomic E-state index is 12.0. The van der Waals surface area contributed by atoms with Crippen molar-refractivity contribution in [2.24, 2.45) is 0 Å². The Hall–Kier alpha value is -2.02. The Balaban J connectivity index is 2.13. The first-order chi connectivity index (χ1) is 8.58. The van der Waals surface area contributed by atoms with Gasteiger partial charge in [-0.2, -0.15) is 4.98 Å². The van der Waals surface area contributed by atoms with Crippen molar-refractivity contribution < 1.29 is 9.32 Å². The fourth-order valence-corrected chi connectivity index (χ4v) is 1.66. The summed E-state index contributed by atoms with van der Waals surface area (Å²) in [5, 5.41) is 6.51. The number of pyridine rings is 1. The van der Waals surface area contributed by atoms with Crippen LogP contribution >= 0.6 is 12.2 Å². The third-order valence-corrected chi connectivity index (χ3v) is 2.68. The Bertz CT molecular complexity index is 619. The highest BCUT2D eigenvalue weighted by Gasteiger charge is 2.16. The standard InChI is InChI=1S/C11H12N4O2S/c1-6(9-14-7(2)17-15-9)13-10(16)8-4-3-5-12-11(8)18/h3-6H,1-2H3,(H,12,18)(H,13,16). The van der Waals surface area contributed by atoms with Gasteiger partial charge in [0.25, 0.3) is 5.91 Å². The van der Waals surface area contributed by atoms with Crippen LogP contribution in [0.25, 0.3) is 0 Å². The van der Waals surface area contributed by atoms with Gasteiger partial charge in [-0.1, -0.05) is 17.4 Å². The lowest BCUT2D eigenvalue weighted by molar-refractivity contribution is 0.0937. The minimum atomic E-state index is -0.343. The van der Waals surface area contributed by atoms with Gasteiger partial charge in [-0.15, -0.1) is 0 Å². The number of amides is 1. The molecule has 0 aromatic carbocycles. The molecular weight excluding hydrogens is 252 g/mol. The summed E-state index contributed by atoms with van der Waals surface area (Å²) in [5.74, 6) is 0.626. The molecule has 2 N–H and O–H groups in total. The van der Waals surface area contributed by atoms with Crippen molar-refractivity contribution in [3.8, 4) is 0 Å². The molecular formula is C11H12N4O2S. The summed E-state index contributed by atoms with van der Waals surface area (Å²) in [6.07, 6.45) is 1.67. The Morgan fingerprint density at radius 1 is 1.61 bits per heavy atom. The lowest BCUT2D eigenvalue weighted by atomic mass is 10.2. The van der Waals surface area contributed by atoms with Gasteiger partial charge in [-0.3, -0.25) is 4.79 Å². The van der Waals surface area contributed by atoms with Crippen LogP contribution in [0.3, 0.4) is 0 Å². The van der Waals surface area contributed by atoms with Gasteiger partial charge < -0.3 is 14.8 Å². The molecule has 0 radical (unpaired) electrons. The van der Waals surface area contributed by atoms with Crippen LogP contribution in [0.4, 0.5) is 0 Å². The number of carbonyl (C=O) groups is 1. The van der Waals surface area contributed by atoms with Crippen molar-refractivity contribution in [3.05, 3.63) is 40.2 Å². The molecule has 6 nitrogen and oxygen atoms in total. The van der Waals surface area contributed by atoms with E-state index in [1.165, 1.54) is 0 Å². The van der Waals surface area contributed by atoms with Crippen molar-refractivity contribution in [2.45, 2.75) is 19.9 Å². The smallest absolute Gasteiger partial charge is 0.254 e. The maximum atomic E-state index is 12.0. The number of hydrogen-bond donors (Lipinski definition) is 2. The molecule has 1 atom stereocenters. The van der Waals surface area contributed by atoms with E-state index in [0.29, 0.717) is 21.9 Å². The number of rotatable bonds is 3. The minimum Gasteiger partial charge on any atom is -0.352 e. The number of H-pyrrole nitrogens is 1. The summed E-state index contributed by atoms with van der Waals surface area (Å²) in [5.41, 5.74) is 0.416. The molecule has 2 aromatic rings. The number of nitrogens with one attached hydrogen (secondary N) is 2. The van der Waals surface area contributed by atoms with Gasteiger partial charge in [0, 0.05) is 13.1 Å². The van der Waals surface area contributed by atoms with Crippen LogP contribution < -0.4 is 5.32 Å². The van der Waals surface area contributed by atoms with Crippen molar-refractivity contribution in [3.63, 3.8) is 0 Å². The molecule has 0 bridgehead atoms. The Morgan fingerprint density at radius 3 is 3.00 bits per heavy atom. The summed E-state index contributed by atoms with van der Waals surface area (Å²) in [4.78, 5) is 18.8. The number of carbonyl (C=O) groups excluding carboxylic acids is 1. The zero-order chi connectivity index (χ0) is 13.1. The monoisotopic (exact) mass is 264 g/mol. The summed E-state index contributed by atoms with van der Waals surface area (Å²) >= 11 is 5.04. The van der Waals surface area contributed by atoms with E-state index in [0.717, 1.165) is 0 Å². The predicted molar refractivity (Wildman–Crippen MR) is 66.5 cm³/mol. The number of aromatic amines is 1. The van der Waals surface area contributed by atoms with Crippen LogP contribution in [0.5, 0.6) is 0 Å². The SMILES string of the molecule is Cc1nc(C(C)NC(=O)c2ccc[nH]c2=S)no1. The molecule has 18 heavy (non-hydrogen) atoms. The van der Waals surface area contributed by atoms with Crippen LogP contribution in [0, 0.1) is 11.6 Å². The molecule has 0 aliphatic rings. The van der Waals surface area contributed by atoms with Crippen LogP contribution in [-0.4, -0.2) is 21.0 Å². The van der Waals surface area contributed by atoms with E-state index in [9.17, 15) is 4.79 Å². The molecule has 0 saturated heterocycles. The van der Waals surface area contributed by atoms with E-state index < -0.39 is 0 Å². The van der Waals surface area contributed by atoms with Gasteiger partial charge in [0.05, 0.1) is 11.6 Å². The summed E-state index contributed by atoms with van der Waals surface area (Å²) < 4.78 is 5.25. The van der Waals surface area contributed by atoms with Gasteiger partial charge in [0.2, 0.25) is 5.89 Å². The Morgan fingerprint density at radius 2 is 2.39 bits per heavy atom. The fourth-order valence-electron chi connectivity index (χ4n) is 1.43. The lowest BCUT2D eigenvalue weighted by Gasteiger charge is -2.09. The number of nitrogens with zero attached hydrogens (tertiary/aromatic N) is 2. The fraction of sp³-hybridized carbons (Fsp3) is 0.273. The van der Waals surface area contributed by atoms with Crippen LogP contribution in [0.15, 0.2) is 22.9 Å². The topological polar surface area (TPSA) is 83.8 Å². The first kappa shape index (κ1) is 12.4. The Labute approximate surface area is 108 Å². The molecule has 7 heteroatoms. The van der Waals surface area contributed by atoms with E-state index in [-0.39, 0.29) is 11.9 Å². The highest BCUT2D eigenvalue weighted by molar-refractivity contribution is 7.71. The highest BCUT2D eigenvalue weighted by atomic mass is 32.1. The predicted octanol–water partition coefficient (Wildman–Crippen LogP) is 1.93. The minimum absolute atomic E-state index is 0.271. The molecule has 0 saturated carbocycles. The van der Waals surface area contributed by atoms with Gasteiger partial charge in [0.15, 0.2) is 5.82 Å². The van der Waals surface area contributed by atoms with Gasteiger partial charge in [-0.25, -0.2) is 0 Å². The molecule has 0 aliphatic heterocycles. The first-order valence-electron chi connectivity index (χ1n) is 5.36. The second-order valence-electron chi connectivity index (χ2n) is 3.78. The molecule has 0 spiro atoms. The summed E-state index contributed by atoms with van der Waals surface area (Å²) in [6.45, 7) is 3.47. The molecule has 1 amide bonds. The van der Waals surface area contributed by atoms with Gasteiger partial charge in [-0.05, 0) is 19.1 Å². The molecule has 94 valence electrons. The van der Waals surface area contributed by atoms with E-state index in [1.54, 1.807) is 32.2 Å². The van der Waals surface area contributed by atoms with E-state index in [1.807, 2.05) is 0 Å². The first-order valence-corrected chi connectivity index (χ1v) is 5.77. The second-order valence-corrected chi connectivity index (χ2v) is 4.19. The molecule has 0 aliphatic carbocycles. The quantitative estimate of drug-likeness (QED) is 0.827. The van der Waals surface area contributed by atoms with Crippen molar-refractivity contribution in [1.82, 2.24) is 20.4 Å². The van der Waals surface area contributed by atoms with E-state index in [4.69, 9.17) is 16.7 Å². The van der Waals surface area contributed by atoms with Crippen LogP contribution in [0.1, 0.15) is 35.0 Å². The lowest BCUT2D eigenvalue weighted by Crippen LogP contribution is -2.27. The zero-order valence-electron chi connectivity index (χ0n) is 9.93. The molecule has 2 rings (SSSR count). The van der Waals surface area contributed by atoms with Crippen molar-refractivity contribution in [1.29, 1.82) is 0 Å². The number of aromatic nitrogens is 3. The summed E-state index contributed by atoms with van der Waals surface area (Å²) in [6, 6.07) is 3.03. The molecule has 2 aromatic heterocycles. The zero-order valence-corrected chi connectivity index (χ0v) is 10.7. The van der Waals surface area contributed by atoms with Crippen molar-refractivity contribution >= 4 is 18.1 Å². The van der Waals surface area contributed by atoms with Crippen molar-refractivity contribution in [2.75, 3.05) is 0 Å². The molecule has 0 fully saturated rings. The third-order valence-electron chi connectivity index (χ3n) is 2.34. The van der Waals surface area contributed by atoms with Crippen LogP contribution in [-0.2, 0) is 0 Å². The van der Waals surface area contributed by atoms with Gasteiger partial charge >= 0.3 is 0 Å². The second kappa shape index (κ2) is 5.09. The van der Waals surface area contributed by atoms with Crippen LogP contribution in [0.2, 0.25) is 0 Å². The average Bonchev–Trinajstić information content (AvgIpc) is 2.76. The maximum Gasteiger partial charge on any atom is 0.254 e. The van der Waals surface area contributed by atoms with E-state index in [2.05, 4.69) is 20.4 Å².